The highest BCUT2D eigenvalue weighted by Gasteiger charge is 2.13. The average molecular weight is 222 g/mol. The van der Waals surface area contributed by atoms with Crippen molar-refractivity contribution in [2.75, 3.05) is 0 Å². The molecule has 84 valence electrons. The van der Waals surface area contributed by atoms with Crippen molar-refractivity contribution in [1.29, 1.82) is 0 Å². The molecule has 0 bridgehead atoms. The summed E-state index contributed by atoms with van der Waals surface area (Å²) in [5, 5.41) is 0. The minimum Gasteiger partial charge on any atom is -0.320 e. The molecule has 0 radical (unpaired) electrons. The molecule has 0 atom stereocenters. The third kappa shape index (κ3) is 1.45. The maximum atomic E-state index is 4.45. The topological polar surface area (TPSA) is 17.3 Å². The number of aromatic nitrogens is 2. The van der Waals surface area contributed by atoms with Crippen LogP contribution in [0.15, 0.2) is 48.8 Å². The van der Waals surface area contributed by atoms with Gasteiger partial charge in [0.25, 0.3) is 0 Å². The molecule has 0 aromatic carbocycles. The van der Waals surface area contributed by atoms with Gasteiger partial charge in [-0.3, -0.25) is 4.98 Å². The highest BCUT2D eigenvalue weighted by molar-refractivity contribution is 5.77. The minimum atomic E-state index is 1.05. The molecule has 2 heteroatoms. The number of aryl methyl sites for hydroxylation is 2. The van der Waals surface area contributed by atoms with Crippen LogP contribution >= 0.6 is 0 Å². The molecule has 0 N–H and O–H groups in total. The Morgan fingerprint density at radius 1 is 1.00 bits per heavy atom. The summed E-state index contributed by atoms with van der Waals surface area (Å²) in [5.41, 5.74) is 6.09. The first-order valence-electron chi connectivity index (χ1n) is 5.76. The molecule has 3 aromatic rings. The van der Waals surface area contributed by atoms with Crippen LogP contribution < -0.4 is 0 Å². The van der Waals surface area contributed by atoms with E-state index >= 15 is 0 Å². The van der Waals surface area contributed by atoms with E-state index in [1.807, 2.05) is 18.3 Å². The van der Waals surface area contributed by atoms with Crippen molar-refractivity contribution in [3.8, 4) is 11.3 Å². The van der Waals surface area contributed by atoms with E-state index < -0.39 is 0 Å². The van der Waals surface area contributed by atoms with Gasteiger partial charge in [0.15, 0.2) is 0 Å². The SMILES string of the molecule is Cc1c(-c2ccccn2)c(C)n2ccccc12. The summed E-state index contributed by atoms with van der Waals surface area (Å²) >= 11 is 0. The molecule has 0 fully saturated rings. The van der Waals surface area contributed by atoms with E-state index in [4.69, 9.17) is 0 Å². The zero-order valence-electron chi connectivity index (χ0n) is 10.0. The number of pyridine rings is 2. The van der Waals surface area contributed by atoms with Crippen molar-refractivity contribution in [2.45, 2.75) is 13.8 Å². The van der Waals surface area contributed by atoms with Crippen LogP contribution in [0.1, 0.15) is 11.3 Å². The number of hydrogen-bond donors (Lipinski definition) is 0. The predicted octanol–water partition coefficient (Wildman–Crippen LogP) is 3.62. The molecule has 0 aliphatic heterocycles. The van der Waals surface area contributed by atoms with Gasteiger partial charge in [-0.15, -0.1) is 0 Å². The lowest BCUT2D eigenvalue weighted by Gasteiger charge is -2.01. The van der Waals surface area contributed by atoms with E-state index in [2.05, 4.69) is 53.7 Å². The summed E-state index contributed by atoms with van der Waals surface area (Å²) in [6, 6.07) is 12.3. The van der Waals surface area contributed by atoms with E-state index in [0.717, 1.165) is 5.69 Å². The molecule has 0 amide bonds. The Morgan fingerprint density at radius 3 is 2.53 bits per heavy atom. The summed E-state index contributed by atoms with van der Waals surface area (Å²) in [5.74, 6) is 0. The van der Waals surface area contributed by atoms with Crippen LogP contribution in [-0.4, -0.2) is 9.38 Å². The molecule has 0 aliphatic carbocycles. The molecule has 0 saturated heterocycles. The van der Waals surface area contributed by atoms with Crippen LogP contribution in [-0.2, 0) is 0 Å². The highest BCUT2D eigenvalue weighted by atomic mass is 14.9. The lowest BCUT2D eigenvalue weighted by atomic mass is 10.1. The Bertz CT molecular complexity index is 627. The first-order chi connectivity index (χ1) is 8.29. The average Bonchev–Trinajstić information content (AvgIpc) is 2.64. The number of fused-ring (bicyclic) bond motifs is 1. The van der Waals surface area contributed by atoms with Crippen molar-refractivity contribution in [1.82, 2.24) is 9.38 Å². The molecular formula is C15H14N2. The van der Waals surface area contributed by atoms with Crippen LogP contribution in [0.5, 0.6) is 0 Å². The van der Waals surface area contributed by atoms with E-state index in [9.17, 15) is 0 Å². The third-order valence-electron chi connectivity index (χ3n) is 3.26. The fourth-order valence-corrected chi connectivity index (χ4v) is 2.45. The van der Waals surface area contributed by atoms with Crippen molar-refractivity contribution in [2.24, 2.45) is 0 Å². The summed E-state index contributed by atoms with van der Waals surface area (Å²) in [4.78, 5) is 4.45. The summed E-state index contributed by atoms with van der Waals surface area (Å²) < 4.78 is 2.22. The summed E-state index contributed by atoms with van der Waals surface area (Å²) in [7, 11) is 0. The summed E-state index contributed by atoms with van der Waals surface area (Å²) in [6.45, 7) is 4.30. The number of nitrogens with zero attached hydrogens (tertiary/aromatic N) is 2. The van der Waals surface area contributed by atoms with Gasteiger partial charge in [-0.25, -0.2) is 0 Å². The first kappa shape index (κ1) is 10.1. The smallest absolute Gasteiger partial charge is 0.0722 e. The Labute approximate surface area is 101 Å². The van der Waals surface area contributed by atoms with E-state index in [1.54, 1.807) is 0 Å². The molecule has 17 heavy (non-hydrogen) atoms. The first-order valence-corrected chi connectivity index (χ1v) is 5.76. The Kier molecular flexibility index (Phi) is 2.22. The number of hydrogen-bond acceptors (Lipinski definition) is 1. The molecule has 0 saturated carbocycles. The highest BCUT2D eigenvalue weighted by Crippen LogP contribution is 2.30. The van der Waals surface area contributed by atoms with Crippen LogP contribution in [0.3, 0.4) is 0 Å². The fourth-order valence-electron chi connectivity index (χ4n) is 2.45. The van der Waals surface area contributed by atoms with Gasteiger partial charge >= 0.3 is 0 Å². The van der Waals surface area contributed by atoms with Gasteiger partial charge < -0.3 is 4.40 Å². The van der Waals surface area contributed by atoms with Gasteiger partial charge in [-0.05, 0) is 43.7 Å². The van der Waals surface area contributed by atoms with Gasteiger partial charge in [0.1, 0.15) is 0 Å². The quantitative estimate of drug-likeness (QED) is 0.614. The molecule has 0 aliphatic rings. The lowest BCUT2D eigenvalue weighted by molar-refractivity contribution is 1.11. The van der Waals surface area contributed by atoms with Crippen molar-refractivity contribution in [3.05, 3.63) is 60.0 Å². The van der Waals surface area contributed by atoms with Crippen LogP contribution in [0.4, 0.5) is 0 Å². The van der Waals surface area contributed by atoms with Gasteiger partial charge in [-0.1, -0.05) is 12.1 Å². The second-order valence-corrected chi connectivity index (χ2v) is 4.26. The van der Waals surface area contributed by atoms with E-state index in [0.29, 0.717) is 0 Å². The van der Waals surface area contributed by atoms with Crippen LogP contribution in [0.2, 0.25) is 0 Å². The molecule has 3 heterocycles. The largest absolute Gasteiger partial charge is 0.320 e. The second kappa shape index (κ2) is 3.74. The fraction of sp³-hybridized carbons (Fsp3) is 0.133. The maximum Gasteiger partial charge on any atom is 0.0722 e. The van der Waals surface area contributed by atoms with Gasteiger partial charge in [0, 0.05) is 29.2 Å². The van der Waals surface area contributed by atoms with Crippen LogP contribution in [0.25, 0.3) is 16.8 Å². The molecular weight excluding hydrogens is 208 g/mol. The standard InChI is InChI=1S/C15H14N2/c1-11-14-8-4-6-10-17(14)12(2)15(11)13-7-3-5-9-16-13/h3-10H,1-2H3. The van der Waals surface area contributed by atoms with Crippen LogP contribution in [0, 0.1) is 13.8 Å². The Hall–Kier alpha value is -2.09. The molecule has 3 aromatic heterocycles. The zero-order chi connectivity index (χ0) is 11.8. The maximum absolute atomic E-state index is 4.45. The van der Waals surface area contributed by atoms with Crippen molar-refractivity contribution >= 4 is 5.52 Å². The lowest BCUT2D eigenvalue weighted by Crippen LogP contribution is -1.87. The monoisotopic (exact) mass is 222 g/mol. The molecule has 0 unspecified atom stereocenters. The van der Waals surface area contributed by atoms with E-state index in [1.165, 1.54) is 22.3 Å². The van der Waals surface area contributed by atoms with Crippen molar-refractivity contribution in [3.63, 3.8) is 0 Å². The normalized spacial score (nSPS) is 10.9. The molecule has 2 nitrogen and oxygen atoms in total. The minimum absolute atomic E-state index is 1.05. The molecule has 0 spiro atoms. The predicted molar refractivity (Wildman–Crippen MR) is 70.1 cm³/mol. The molecule has 3 rings (SSSR count). The van der Waals surface area contributed by atoms with Crippen molar-refractivity contribution < 1.29 is 0 Å². The second-order valence-electron chi connectivity index (χ2n) is 4.26. The van der Waals surface area contributed by atoms with Gasteiger partial charge in [0.2, 0.25) is 0 Å². The zero-order valence-corrected chi connectivity index (χ0v) is 10.0. The Morgan fingerprint density at radius 2 is 1.82 bits per heavy atom. The summed E-state index contributed by atoms with van der Waals surface area (Å²) in [6.07, 6.45) is 3.95. The van der Waals surface area contributed by atoms with E-state index in [-0.39, 0.29) is 0 Å². The third-order valence-corrected chi connectivity index (χ3v) is 3.26. The Balaban J connectivity index is 2.38. The van der Waals surface area contributed by atoms with Gasteiger partial charge in [0.05, 0.1) is 5.69 Å². The number of rotatable bonds is 1. The van der Waals surface area contributed by atoms with Gasteiger partial charge in [-0.2, -0.15) is 0 Å².